The maximum absolute atomic E-state index is 12.5. The second-order valence-electron chi connectivity index (χ2n) is 11.2. The summed E-state index contributed by atoms with van der Waals surface area (Å²) >= 11 is 0. The number of fused-ring (bicyclic) bond motifs is 2. The average Bonchev–Trinajstić information content (AvgIpc) is 3.51. The molecule has 1 unspecified atom stereocenters. The van der Waals surface area contributed by atoms with E-state index in [1.807, 2.05) is 20.9 Å². The highest BCUT2D eigenvalue weighted by Gasteiger charge is 2.28. The normalized spacial score (nSPS) is 15.3. The summed E-state index contributed by atoms with van der Waals surface area (Å²) in [5.74, 6) is 0.734. The van der Waals surface area contributed by atoms with Crippen molar-refractivity contribution in [2.75, 3.05) is 76.9 Å². The molecule has 0 saturated carbocycles. The van der Waals surface area contributed by atoms with E-state index < -0.39 is 0 Å². The first-order valence-electron chi connectivity index (χ1n) is 15.5. The van der Waals surface area contributed by atoms with E-state index in [2.05, 4.69) is 70.8 Å². The van der Waals surface area contributed by atoms with Gasteiger partial charge in [0.2, 0.25) is 5.91 Å². The van der Waals surface area contributed by atoms with Crippen molar-refractivity contribution in [3.05, 3.63) is 66.4 Å². The predicted octanol–water partition coefficient (Wildman–Crippen LogP) is 4.79. The van der Waals surface area contributed by atoms with E-state index in [1.54, 1.807) is 12.0 Å². The predicted molar refractivity (Wildman–Crippen MR) is 175 cm³/mol. The summed E-state index contributed by atoms with van der Waals surface area (Å²) in [5, 5.41) is 2.46. The second kappa shape index (κ2) is 15.7. The van der Waals surface area contributed by atoms with E-state index in [4.69, 9.17) is 19.4 Å². The number of hydrogen-bond donors (Lipinski definition) is 0. The van der Waals surface area contributed by atoms with Crippen LogP contribution in [0.3, 0.4) is 0 Å². The Morgan fingerprint density at radius 2 is 1.84 bits per heavy atom. The van der Waals surface area contributed by atoms with Gasteiger partial charge >= 0.3 is 6.01 Å². The van der Waals surface area contributed by atoms with Gasteiger partial charge in [0.25, 0.3) is 0 Å². The Kier molecular flexibility index (Phi) is 11.8. The third-order valence-electron chi connectivity index (χ3n) is 8.18. The fraction of sp³-hybridized carbons (Fsp3) is 0.500. The van der Waals surface area contributed by atoms with Gasteiger partial charge in [0.15, 0.2) is 0 Å². The van der Waals surface area contributed by atoms with Crippen molar-refractivity contribution in [2.45, 2.75) is 45.7 Å². The van der Waals surface area contributed by atoms with Crippen molar-refractivity contribution >= 4 is 28.2 Å². The molecule has 3 heterocycles. The topological polar surface area (TPSA) is 74.3 Å². The van der Waals surface area contributed by atoms with Crippen LogP contribution in [0.5, 0.6) is 6.01 Å². The van der Waals surface area contributed by atoms with E-state index in [-0.39, 0.29) is 11.9 Å². The van der Waals surface area contributed by atoms with Gasteiger partial charge in [0, 0.05) is 50.4 Å². The number of carbonyl (C=O) groups excluding carboxylic acids is 1. The molecule has 1 atom stereocenters. The minimum absolute atomic E-state index is 0.108. The average molecular weight is 589 g/mol. The zero-order valence-electron chi connectivity index (χ0n) is 26.6. The smallest absolute Gasteiger partial charge is 0.318 e. The maximum atomic E-state index is 12.5. The molecule has 3 aromatic rings. The Bertz CT molecular complexity index is 1350. The molecule has 43 heavy (non-hydrogen) atoms. The van der Waals surface area contributed by atoms with Crippen LogP contribution in [-0.2, 0) is 22.5 Å². The summed E-state index contributed by atoms with van der Waals surface area (Å²) in [6, 6.07) is 15.1. The molecular formula is C34H48N6O3. The number of hydrogen-bond acceptors (Lipinski definition) is 8. The van der Waals surface area contributed by atoms with Gasteiger partial charge in [0.05, 0.1) is 31.5 Å². The Hall–Kier alpha value is -3.69. The molecule has 0 aliphatic carbocycles. The molecule has 0 bridgehead atoms. The molecule has 232 valence electrons. The quantitative estimate of drug-likeness (QED) is 0.296. The second-order valence-corrected chi connectivity index (χ2v) is 11.2. The summed E-state index contributed by atoms with van der Waals surface area (Å²) in [6.45, 7) is 13.8. The molecule has 1 fully saturated rings. The number of aromatic nitrogens is 2. The van der Waals surface area contributed by atoms with Crippen LogP contribution in [0, 0.1) is 0 Å². The highest BCUT2D eigenvalue weighted by atomic mass is 16.5. The van der Waals surface area contributed by atoms with E-state index in [9.17, 15) is 4.79 Å². The molecule has 2 aliphatic heterocycles. The van der Waals surface area contributed by atoms with Crippen molar-refractivity contribution in [3.63, 3.8) is 0 Å². The lowest BCUT2D eigenvalue weighted by atomic mass is 10.0. The van der Waals surface area contributed by atoms with Crippen LogP contribution < -0.4 is 14.5 Å². The largest absolute Gasteiger partial charge is 0.464 e. The fourth-order valence-electron chi connectivity index (χ4n) is 6.01. The first-order chi connectivity index (χ1) is 20.9. The lowest BCUT2D eigenvalue weighted by molar-refractivity contribution is -0.128. The molecule has 1 amide bonds. The van der Waals surface area contributed by atoms with Crippen molar-refractivity contribution < 1.29 is 14.3 Å². The van der Waals surface area contributed by atoms with Gasteiger partial charge in [-0.25, -0.2) is 0 Å². The Balaban J connectivity index is 0.000000628. The van der Waals surface area contributed by atoms with E-state index >= 15 is 0 Å². The van der Waals surface area contributed by atoms with E-state index in [1.165, 1.54) is 48.5 Å². The number of nitrogens with zero attached hydrogens (tertiary/aromatic N) is 6. The van der Waals surface area contributed by atoms with Gasteiger partial charge in [-0.15, -0.1) is 0 Å². The number of likely N-dealkylation sites (tertiary alicyclic amines) is 1. The van der Waals surface area contributed by atoms with Crippen LogP contribution in [0.4, 0.5) is 11.5 Å². The number of likely N-dealkylation sites (N-methyl/N-ethyl adjacent to an activating group) is 2. The Morgan fingerprint density at radius 1 is 1.09 bits per heavy atom. The van der Waals surface area contributed by atoms with Gasteiger partial charge in [-0.05, 0) is 70.8 Å². The molecule has 9 nitrogen and oxygen atoms in total. The van der Waals surface area contributed by atoms with Gasteiger partial charge in [0.1, 0.15) is 5.82 Å². The summed E-state index contributed by atoms with van der Waals surface area (Å²) in [6.07, 6.45) is 4.99. The molecule has 0 radical (unpaired) electrons. The summed E-state index contributed by atoms with van der Waals surface area (Å²) in [5.41, 5.74) is 3.30. The third-order valence-corrected chi connectivity index (χ3v) is 8.18. The molecule has 9 heteroatoms. The van der Waals surface area contributed by atoms with Crippen molar-refractivity contribution in [1.82, 2.24) is 19.8 Å². The number of carbonyl (C=O) groups is 1. The number of anilines is 2. The Labute approximate surface area is 257 Å². The molecule has 1 saturated heterocycles. The van der Waals surface area contributed by atoms with E-state index in [0.29, 0.717) is 38.9 Å². The highest BCUT2D eigenvalue weighted by molar-refractivity contribution is 5.94. The lowest BCUT2D eigenvalue weighted by Crippen LogP contribution is -2.48. The minimum atomic E-state index is -0.151. The Morgan fingerprint density at radius 3 is 2.49 bits per heavy atom. The standard InChI is InChI=1S/C29H37N5O3.C5H11N/c1-6-27(35)34(7-2)22(20-36-5)18-32(4)28-24-16-17-33(19-25(24)30-29(31-28)37-8-3)26-15-11-13-21-12-9-10-14-23(21)26;1-6-4-2-3-5-6/h6,9-15,22H,1,7-8,16-20H2,2-5H3;2-5H2,1H3. The van der Waals surface area contributed by atoms with Crippen LogP contribution in [0.15, 0.2) is 55.1 Å². The number of benzene rings is 2. The van der Waals surface area contributed by atoms with Crippen molar-refractivity contribution in [1.29, 1.82) is 0 Å². The van der Waals surface area contributed by atoms with Crippen LogP contribution in [0.2, 0.25) is 0 Å². The van der Waals surface area contributed by atoms with Gasteiger partial charge in [-0.3, -0.25) is 4.79 Å². The van der Waals surface area contributed by atoms with Gasteiger partial charge in [-0.1, -0.05) is 43.0 Å². The van der Waals surface area contributed by atoms with E-state index in [0.717, 1.165) is 30.0 Å². The number of ether oxygens (including phenoxy) is 2. The number of rotatable bonds is 11. The molecular weight excluding hydrogens is 540 g/mol. The van der Waals surface area contributed by atoms with Gasteiger partial charge < -0.3 is 29.1 Å². The molecule has 5 rings (SSSR count). The summed E-state index contributed by atoms with van der Waals surface area (Å²) in [7, 11) is 5.83. The fourth-order valence-corrected chi connectivity index (χ4v) is 6.01. The van der Waals surface area contributed by atoms with Crippen LogP contribution >= 0.6 is 0 Å². The third kappa shape index (κ3) is 8.03. The van der Waals surface area contributed by atoms with Crippen LogP contribution in [0.25, 0.3) is 10.8 Å². The van der Waals surface area contributed by atoms with Crippen LogP contribution in [-0.4, -0.2) is 98.9 Å². The lowest BCUT2D eigenvalue weighted by Gasteiger charge is -2.36. The number of methoxy groups -OCH3 is 1. The minimum Gasteiger partial charge on any atom is -0.464 e. The zero-order valence-corrected chi connectivity index (χ0v) is 26.6. The summed E-state index contributed by atoms with van der Waals surface area (Å²) < 4.78 is 11.3. The maximum Gasteiger partial charge on any atom is 0.318 e. The summed E-state index contributed by atoms with van der Waals surface area (Å²) in [4.78, 5) is 30.7. The first kappa shape index (κ1) is 32.2. The van der Waals surface area contributed by atoms with Crippen molar-refractivity contribution in [2.24, 2.45) is 0 Å². The molecule has 1 aromatic heterocycles. The monoisotopic (exact) mass is 588 g/mol. The van der Waals surface area contributed by atoms with Crippen molar-refractivity contribution in [3.8, 4) is 6.01 Å². The highest BCUT2D eigenvalue weighted by Crippen LogP contribution is 2.33. The SMILES string of the molecule is C=CC(=O)N(CC)C(COC)CN(C)c1nc(OCC)nc2c1CCN(c1cccc3ccccc13)C2.CN1CCCC1. The molecule has 2 aromatic carbocycles. The zero-order chi connectivity index (χ0) is 30.8. The molecule has 0 spiro atoms. The molecule has 2 aliphatic rings. The van der Waals surface area contributed by atoms with Crippen LogP contribution in [0.1, 0.15) is 37.9 Å². The molecule has 0 N–H and O–H groups in total. The van der Waals surface area contributed by atoms with Gasteiger partial charge in [-0.2, -0.15) is 9.97 Å². The first-order valence-corrected chi connectivity index (χ1v) is 15.5. The number of amides is 1.